The predicted molar refractivity (Wildman–Crippen MR) is 62.2 cm³/mol. The van der Waals surface area contributed by atoms with Gasteiger partial charge in [0, 0.05) is 31.3 Å². The second-order valence-electron chi connectivity index (χ2n) is 4.29. The first-order valence-corrected chi connectivity index (χ1v) is 5.89. The first-order chi connectivity index (χ1) is 8.22. The van der Waals surface area contributed by atoms with E-state index in [9.17, 15) is 13.6 Å². The molecule has 0 aliphatic carbocycles. The molecule has 0 saturated carbocycles. The molecule has 1 saturated heterocycles. The second-order valence-corrected chi connectivity index (χ2v) is 4.29. The predicted octanol–water partition coefficient (Wildman–Crippen LogP) is 2.70. The number of carbonyl (C=O) groups excluding carboxylic acids is 1. The SMILES string of the molecule is O=CCCc1cc(F)c(F)cc1N1CCCC1. The van der Waals surface area contributed by atoms with Crippen molar-refractivity contribution in [3.63, 3.8) is 0 Å². The standard InChI is InChI=1S/C13H15F2NO/c14-11-8-10(4-3-7-17)13(9-12(11)15)16-5-1-2-6-16/h7-9H,1-6H2. The highest BCUT2D eigenvalue weighted by Crippen LogP contribution is 2.28. The molecule has 1 aliphatic rings. The fraction of sp³-hybridized carbons (Fsp3) is 0.462. The molecule has 4 heteroatoms. The van der Waals surface area contributed by atoms with Gasteiger partial charge in [0.05, 0.1) is 0 Å². The van der Waals surface area contributed by atoms with Crippen LogP contribution < -0.4 is 4.90 Å². The molecule has 0 N–H and O–H groups in total. The third kappa shape index (κ3) is 2.62. The summed E-state index contributed by atoms with van der Waals surface area (Å²) in [5.41, 5.74) is 1.46. The Balaban J connectivity index is 2.32. The lowest BCUT2D eigenvalue weighted by molar-refractivity contribution is -0.107. The Morgan fingerprint density at radius 1 is 1.18 bits per heavy atom. The van der Waals surface area contributed by atoms with Crippen LogP contribution in [0.15, 0.2) is 12.1 Å². The molecule has 0 atom stereocenters. The number of benzene rings is 1. The zero-order valence-corrected chi connectivity index (χ0v) is 9.59. The van der Waals surface area contributed by atoms with E-state index in [4.69, 9.17) is 0 Å². The van der Waals surface area contributed by atoms with Gasteiger partial charge >= 0.3 is 0 Å². The van der Waals surface area contributed by atoms with E-state index >= 15 is 0 Å². The molecule has 92 valence electrons. The van der Waals surface area contributed by atoms with Crippen LogP contribution in [0.3, 0.4) is 0 Å². The van der Waals surface area contributed by atoms with Crippen LogP contribution in [0.25, 0.3) is 0 Å². The number of aryl methyl sites for hydroxylation is 1. The first kappa shape index (κ1) is 12.0. The minimum absolute atomic E-state index is 0.339. The van der Waals surface area contributed by atoms with Crippen LogP contribution in [0, 0.1) is 11.6 Å². The Morgan fingerprint density at radius 3 is 2.47 bits per heavy atom. The van der Waals surface area contributed by atoms with E-state index in [1.807, 2.05) is 0 Å². The van der Waals surface area contributed by atoms with Gasteiger partial charge in [-0.15, -0.1) is 0 Å². The molecule has 0 spiro atoms. The van der Waals surface area contributed by atoms with Crippen molar-refractivity contribution in [3.05, 3.63) is 29.3 Å². The van der Waals surface area contributed by atoms with Gasteiger partial charge in [0.1, 0.15) is 6.29 Å². The van der Waals surface area contributed by atoms with Crippen molar-refractivity contribution in [3.8, 4) is 0 Å². The summed E-state index contributed by atoms with van der Waals surface area (Å²) >= 11 is 0. The van der Waals surface area contributed by atoms with Crippen LogP contribution in [0.1, 0.15) is 24.8 Å². The van der Waals surface area contributed by atoms with Crippen molar-refractivity contribution in [2.24, 2.45) is 0 Å². The lowest BCUT2D eigenvalue weighted by atomic mass is 10.1. The third-order valence-electron chi connectivity index (χ3n) is 3.10. The van der Waals surface area contributed by atoms with Gasteiger partial charge in [0.15, 0.2) is 11.6 Å². The number of hydrogen-bond acceptors (Lipinski definition) is 2. The average molecular weight is 239 g/mol. The van der Waals surface area contributed by atoms with Crippen molar-refractivity contribution in [1.82, 2.24) is 0 Å². The Morgan fingerprint density at radius 2 is 1.82 bits per heavy atom. The lowest BCUT2D eigenvalue weighted by Crippen LogP contribution is -2.20. The van der Waals surface area contributed by atoms with Crippen LogP contribution in [0.2, 0.25) is 0 Å². The fourth-order valence-corrected chi connectivity index (χ4v) is 2.24. The molecule has 1 aromatic carbocycles. The molecule has 17 heavy (non-hydrogen) atoms. The topological polar surface area (TPSA) is 20.3 Å². The normalized spacial score (nSPS) is 15.3. The number of rotatable bonds is 4. The van der Waals surface area contributed by atoms with Gasteiger partial charge < -0.3 is 9.69 Å². The molecule has 1 aliphatic heterocycles. The van der Waals surface area contributed by atoms with Crippen molar-refractivity contribution >= 4 is 12.0 Å². The minimum atomic E-state index is -0.839. The van der Waals surface area contributed by atoms with Crippen molar-refractivity contribution in [2.75, 3.05) is 18.0 Å². The number of halogens is 2. The fourth-order valence-electron chi connectivity index (χ4n) is 2.24. The summed E-state index contributed by atoms with van der Waals surface area (Å²) in [5, 5.41) is 0. The van der Waals surface area contributed by atoms with E-state index in [0.29, 0.717) is 12.8 Å². The molecule has 0 bridgehead atoms. The summed E-state index contributed by atoms with van der Waals surface area (Å²) in [5.74, 6) is -1.66. The van der Waals surface area contributed by atoms with Gasteiger partial charge in [0.2, 0.25) is 0 Å². The molecule has 1 fully saturated rings. The van der Waals surface area contributed by atoms with E-state index in [1.54, 1.807) is 0 Å². The van der Waals surface area contributed by atoms with Crippen LogP contribution in [-0.4, -0.2) is 19.4 Å². The summed E-state index contributed by atoms with van der Waals surface area (Å²) in [6.45, 7) is 1.75. The molecular weight excluding hydrogens is 224 g/mol. The highest BCUT2D eigenvalue weighted by molar-refractivity contribution is 5.57. The van der Waals surface area contributed by atoms with Gasteiger partial charge in [0.25, 0.3) is 0 Å². The Labute approximate surface area is 99.2 Å². The van der Waals surface area contributed by atoms with Gasteiger partial charge in [-0.25, -0.2) is 8.78 Å². The average Bonchev–Trinajstić information content (AvgIpc) is 2.83. The zero-order valence-electron chi connectivity index (χ0n) is 9.59. The summed E-state index contributed by atoms with van der Waals surface area (Å²) in [7, 11) is 0. The maximum absolute atomic E-state index is 13.3. The number of carbonyl (C=O) groups is 1. The highest BCUT2D eigenvalue weighted by atomic mass is 19.2. The van der Waals surface area contributed by atoms with Gasteiger partial charge in [-0.1, -0.05) is 0 Å². The van der Waals surface area contributed by atoms with Crippen LogP contribution in [0.4, 0.5) is 14.5 Å². The Kier molecular flexibility index (Phi) is 3.71. The molecule has 0 radical (unpaired) electrons. The molecule has 0 unspecified atom stereocenters. The van der Waals surface area contributed by atoms with Crippen LogP contribution in [0.5, 0.6) is 0 Å². The van der Waals surface area contributed by atoms with E-state index in [-0.39, 0.29) is 0 Å². The number of aldehydes is 1. The van der Waals surface area contributed by atoms with Gasteiger partial charge in [-0.05, 0) is 30.9 Å². The second kappa shape index (κ2) is 5.25. The number of hydrogen-bond donors (Lipinski definition) is 0. The van der Waals surface area contributed by atoms with Gasteiger partial charge in [-0.2, -0.15) is 0 Å². The van der Waals surface area contributed by atoms with Crippen LogP contribution in [-0.2, 0) is 11.2 Å². The molecule has 2 nitrogen and oxygen atoms in total. The van der Waals surface area contributed by atoms with Crippen molar-refractivity contribution in [1.29, 1.82) is 0 Å². The molecule has 1 heterocycles. The summed E-state index contributed by atoms with van der Waals surface area (Å²) in [6, 6.07) is 2.47. The summed E-state index contributed by atoms with van der Waals surface area (Å²) in [4.78, 5) is 12.4. The molecule has 1 aromatic rings. The summed E-state index contributed by atoms with van der Waals surface area (Å²) in [6.07, 6.45) is 3.76. The van der Waals surface area contributed by atoms with Crippen LogP contribution >= 0.6 is 0 Å². The molecule has 2 rings (SSSR count). The van der Waals surface area contributed by atoms with Crippen molar-refractivity contribution < 1.29 is 13.6 Å². The highest BCUT2D eigenvalue weighted by Gasteiger charge is 2.18. The monoisotopic (exact) mass is 239 g/mol. The maximum atomic E-state index is 13.3. The van der Waals surface area contributed by atoms with E-state index in [1.165, 1.54) is 12.1 Å². The van der Waals surface area contributed by atoms with E-state index < -0.39 is 11.6 Å². The van der Waals surface area contributed by atoms with E-state index in [2.05, 4.69) is 4.90 Å². The molecule has 0 amide bonds. The molecule has 0 aromatic heterocycles. The number of anilines is 1. The Bertz CT molecular complexity index is 414. The third-order valence-corrected chi connectivity index (χ3v) is 3.10. The van der Waals surface area contributed by atoms with Crippen molar-refractivity contribution in [2.45, 2.75) is 25.7 Å². The smallest absolute Gasteiger partial charge is 0.160 e. The minimum Gasteiger partial charge on any atom is -0.371 e. The Hall–Kier alpha value is -1.45. The maximum Gasteiger partial charge on any atom is 0.160 e. The quantitative estimate of drug-likeness (QED) is 0.753. The zero-order chi connectivity index (χ0) is 12.3. The largest absolute Gasteiger partial charge is 0.371 e. The molecular formula is C13H15F2NO. The van der Waals surface area contributed by atoms with Gasteiger partial charge in [-0.3, -0.25) is 0 Å². The summed E-state index contributed by atoms with van der Waals surface area (Å²) < 4.78 is 26.5. The first-order valence-electron chi connectivity index (χ1n) is 5.89. The lowest BCUT2D eigenvalue weighted by Gasteiger charge is -2.21. The number of nitrogens with zero attached hydrogens (tertiary/aromatic N) is 1. The van der Waals surface area contributed by atoms with E-state index in [0.717, 1.165) is 43.5 Å².